The maximum Gasteiger partial charge on any atom is 0.254 e. The third-order valence-electron chi connectivity index (χ3n) is 3.44. The lowest BCUT2D eigenvalue weighted by Gasteiger charge is -2.24. The van der Waals surface area contributed by atoms with Gasteiger partial charge in [-0.15, -0.1) is 12.4 Å². The van der Waals surface area contributed by atoms with Crippen molar-refractivity contribution in [1.82, 2.24) is 10.2 Å². The molecule has 5 heteroatoms. The quantitative estimate of drug-likeness (QED) is 0.859. The molecular weight excluding hydrogens is 264 g/mol. The predicted octanol–water partition coefficient (Wildman–Crippen LogP) is 1.74. The number of halogens is 1. The molecule has 0 saturated carbocycles. The minimum absolute atomic E-state index is 0. The number of rotatable bonds is 3. The van der Waals surface area contributed by atoms with Gasteiger partial charge in [0.15, 0.2) is 5.78 Å². The lowest BCUT2D eigenvalue weighted by molar-refractivity contribution is 0.0739. The van der Waals surface area contributed by atoms with Crippen LogP contribution in [0, 0.1) is 0 Å². The molecule has 1 heterocycles. The summed E-state index contributed by atoms with van der Waals surface area (Å²) >= 11 is 0. The maximum atomic E-state index is 12.4. The Morgan fingerprint density at radius 3 is 2.42 bits per heavy atom. The predicted molar refractivity (Wildman–Crippen MR) is 77.1 cm³/mol. The molecule has 1 fully saturated rings. The smallest absolute Gasteiger partial charge is 0.254 e. The fourth-order valence-electron chi connectivity index (χ4n) is 2.30. The number of ketones is 1. The second kappa shape index (κ2) is 6.68. The number of nitrogens with zero attached hydrogens (tertiary/aromatic N) is 1. The second-order valence-corrected chi connectivity index (χ2v) is 4.66. The second-order valence-electron chi connectivity index (χ2n) is 4.66. The van der Waals surface area contributed by atoms with Gasteiger partial charge in [0.2, 0.25) is 0 Å². The zero-order valence-corrected chi connectivity index (χ0v) is 12.0. The van der Waals surface area contributed by atoms with E-state index in [2.05, 4.69) is 5.32 Å². The Hall–Kier alpha value is -1.39. The van der Waals surface area contributed by atoms with Gasteiger partial charge in [-0.3, -0.25) is 9.59 Å². The average Bonchev–Trinajstić information content (AvgIpc) is 2.90. The van der Waals surface area contributed by atoms with E-state index in [-0.39, 0.29) is 30.1 Å². The van der Waals surface area contributed by atoms with Crippen molar-refractivity contribution in [3.8, 4) is 0 Å². The lowest BCUT2D eigenvalue weighted by atomic mass is 10.0. The first-order valence-corrected chi connectivity index (χ1v) is 6.19. The number of hydrogen-bond acceptors (Lipinski definition) is 3. The van der Waals surface area contributed by atoms with Crippen LogP contribution in [0.15, 0.2) is 24.3 Å². The summed E-state index contributed by atoms with van der Waals surface area (Å²) in [4.78, 5) is 25.7. The monoisotopic (exact) mass is 282 g/mol. The summed E-state index contributed by atoms with van der Waals surface area (Å²) in [6.45, 7) is 3.25. The fourth-order valence-corrected chi connectivity index (χ4v) is 2.30. The van der Waals surface area contributed by atoms with E-state index in [1.165, 1.54) is 6.92 Å². The van der Waals surface area contributed by atoms with E-state index < -0.39 is 0 Å². The number of hydrogen-bond donors (Lipinski definition) is 1. The Morgan fingerprint density at radius 2 is 1.89 bits per heavy atom. The van der Waals surface area contributed by atoms with Gasteiger partial charge in [-0.1, -0.05) is 18.2 Å². The molecule has 0 bridgehead atoms. The van der Waals surface area contributed by atoms with Gasteiger partial charge >= 0.3 is 0 Å². The minimum Gasteiger partial charge on any atom is -0.337 e. The van der Waals surface area contributed by atoms with E-state index in [9.17, 15) is 9.59 Å². The van der Waals surface area contributed by atoms with Gasteiger partial charge in [-0.25, -0.2) is 0 Å². The summed E-state index contributed by atoms with van der Waals surface area (Å²) < 4.78 is 0. The Balaban J connectivity index is 0.00000180. The number of nitrogens with one attached hydrogen (secondary N) is 1. The number of carbonyl (C=O) groups is 2. The van der Waals surface area contributed by atoms with Crippen LogP contribution in [0.5, 0.6) is 0 Å². The van der Waals surface area contributed by atoms with Crippen molar-refractivity contribution in [3.63, 3.8) is 0 Å². The molecule has 0 radical (unpaired) electrons. The molecule has 1 unspecified atom stereocenters. The molecule has 0 aliphatic carbocycles. The zero-order chi connectivity index (χ0) is 13.1. The van der Waals surface area contributed by atoms with Gasteiger partial charge in [0.05, 0.1) is 5.56 Å². The van der Waals surface area contributed by atoms with Crippen molar-refractivity contribution in [2.45, 2.75) is 19.4 Å². The van der Waals surface area contributed by atoms with Crippen LogP contribution in [0.2, 0.25) is 0 Å². The summed E-state index contributed by atoms with van der Waals surface area (Å²) in [5.41, 5.74) is 1.000. The highest BCUT2D eigenvalue weighted by molar-refractivity contribution is 6.07. The van der Waals surface area contributed by atoms with E-state index in [0.717, 1.165) is 19.5 Å². The van der Waals surface area contributed by atoms with Gasteiger partial charge < -0.3 is 10.2 Å². The van der Waals surface area contributed by atoms with Crippen LogP contribution in [0.4, 0.5) is 0 Å². The van der Waals surface area contributed by atoms with Gasteiger partial charge in [0.25, 0.3) is 5.91 Å². The van der Waals surface area contributed by atoms with Crippen LogP contribution in [-0.2, 0) is 0 Å². The van der Waals surface area contributed by atoms with Crippen LogP contribution in [0.25, 0.3) is 0 Å². The molecule has 1 aliphatic heterocycles. The van der Waals surface area contributed by atoms with Crippen LogP contribution in [0.1, 0.15) is 34.1 Å². The standard InChI is InChI=1S/C14H18N2O2.ClH/c1-10(17)12-5-3-4-6-13(12)14(18)16(2)11-7-8-15-9-11;/h3-6,11,15H,7-9H2,1-2H3;1H. The molecule has 1 aliphatic rings. The van der Waals surface area contributed by atoms with Crippen molar-refractivity contribution >= 4 is 24.1 Å². The highest BCUT2D eigenvalue weighted by Gasteiger charge is 2.25. The number of likely N-dealkylation sites (N-methyl/N-ethyl adjacent to an activating group) is 1. The first kappa shape index (κ1) is 15.7. The van der Waals surface area contributed by atoms with Gasteiger partial charge in [0, 0.05) is 25.2 Å². The highest BCUT2D eigenvalue weighted by Crippen LogP contribution is 2.15. The summed E-state index contributed by atoms with van der Waals surface area (Å²) in [7, 11) is 1.80. The van der Waals surface area contributed by atoms with Crippen LogP contribution >= 0.6 is 12.4 Å². The van der Waals surface area contributed by atoms with Gasteiger partial charge in [-0.2, -0.15) is 0 Å². The van der Waals surface area contributed by atoms with E-state index in [0.29, 0.717) is 11.1 Å². The Bertz CT molecular complexity index is 470. The molecule has 19 heavy (non-hydrogen) atoms. The minimum atomic E-state index is -0.0745. The van der Waals surface area contributed by atoms with Crippen LogP contribution < -0.4 is 5.32 Å². The molecule has 0 aromatic heterocycles. The molecule has 1 N–H and O–H groups in total. The Labute approximate surface area is 119 Å². The molecule has 104 valence electrons. The first-order chi connectivity index (χ1) is 8.61. The zero-order valence-electron chi connectivity index (χ0n) is 11.2. The highest BCUT2D eigenvalue weighted by atomic mass is 35.5. The van der Waals surface area contributed by atoms with Gasteiger partial charge in [-0.05, 0) is 26.0 Å². The number of amides is 1. The van der Waals surface area contributed by atoms with Crippen molar-refractivity contribution in [1.29, 1.82) is 0 Å². The van der Waals surface area contributed by atoms with E-state index in [1.807, 2.05) is 0 Å². The topological polar surface area (TPSA) is 49.4 Å². The molecule has 0 spiro atoms. The molecule has 1 aromatic rings. The molecule has 2 rings (SSSR count). The summed E-state index contributed by atoms with van der Waals surface area (Å²) in [6.07, 6.45) is 0.963. The first-order valence-electron chi connectivity index (χ1n) is 6.19. The third kappa shape index (κ3) is 3.33. The van der Waals surface area contributed by atoms with Crippen molar-refractivity contribution < 1.29 is 9.59 Å². The maximum absolute atomic E-state index is 12.4. The largest absolute Gasteiger partial charge is 0.337 e. The van der Waals surface area contributed by atoms with E-state index in [1.54, 1.807) is 36.2 Å². The number of Topliss-reactive ketones (excluding diaryl/α,β-unsaturated/α-hetero) is 1. The fraction of sp³-hybridized carbons (Fsp3) is 0.429. The normalized spacial score (nSPS) is 17.7. The number of benzene rings is 1. The molecule has 1 amide bonds. The average molecular weight is 283 g/mol. The van der Waals surface area contributed by atoms with Crippen LogP contribution in [-0.4, -0.2) is 42.8 Å². The van der Waals surface area contributed by atoms with Crippen LogP contribution in [0.3, 0.4) is 0 Å². The molecule has 4 nitrogen and oxygen atoms in total. The molecule has 1 atom stereocenters. The van der Waals surface area contributed by atoms with Crippen molar-refractivity contribution in [3.05, 3.63) is 35.4 Å². The van der Waals surface area contributed by atoms with E-state index in [4.69, 9.17) is 0 Å². The molecule has 1 aromatic carbocycles. The Kier molecular flexibility index (Phi) is 5.51. The summed E-state index contributed by atoms with van der Waals surface area (Å²) in [5, 5.41) is 3.24. The molecule has 1 saturated heterocycles. The van der Waals surface area contributed by atoms with Crippen molar-refractivity contribution in [2.24, 2.45) is 0 Å². The number of carbonyl (C=O) groups excluding carboxylic acids is 2. The van der Waals surface area contributed by atoms with Crippen molar-refractivity contribution in [2.75, 3.05) is 20.1 Å². The van der Waals surface area contributed by atoms with E-state index >= 15 is 0 Å². The molecular formula is C14H19ClN2O2. The Morgan fingerprint density at radius 1 is 1.26 bits per heavy atom. The SMILES string of the molecule is CC(=O)c1ccccc1C(=O)N(C)C1CCNC1.Cl. The lowest BCUT2D eigenvalue weighted by Crippen LogP contribution is -2.38. The third-order valence-corrected chi connectivity index (χ3v) is 3.44. The summed E-state index contributed by atoms with van der Waals surface area (Å²) in [5.74, 6) is -0.147. The van der Waals surface area contributed by atoms with Gasteiger partial charge in [0.1, 0.15) is 0 Å². The summed E-state index contributed by atoms with van der Waals surface area (Å²) in [6, 6.07) is 7.22.